The number of anilines is 4. The van der Waals surface area contributed by atoms with Gasteiger partial charge in [-0.3, -0.25) is 0 Å². The smallest absolute Gasteiger partial charge is 0.210 e. The van der Waals surface area contributed by atoms with Crippen molar-refractivity contribution in [2.75, 3.05) is 10.6 Å². The Hall–Kier alpha value is -2.84. The summed E-state index contributed by atoms with van der Waals surface area (Å²) >= 11 is 3.32. The largest absolute Gasteiger partial charge is 0.330 e. The highest BCUT2D eigenvalue weighted by Crippen LogP contribution is 2.25. The zero-order valence-electron chi connectivity index (χ0n) is 19.9. The predicted molar refractivity (Wildman–Crippen MR) is 144 cm³/mol. The van der Waals surface area contributed by atoms with Gasteiger partial charge in [0.05, 0.1) is 0 Å². The molecule has 0 aliphatic rings. The van der Waals surface area contributed by atoms with Gasteiger partial charge in [-0.2, -0.15) is 0 Å². The monoisotopic (exact) mass is 492 g/mol. The summed E-state index contributed by atoms with van der Waals surface area (Å²) in [5, 5.41) is 28.0. The van der Waals surface area contributed by atoms with Crippen molar-refractivity contribution in [1.82, 2.24) is 20.4 Å². The number of aromatic nitrogens is 4. The zero-order valence-corrected chi connectivity index (χ0v) is 21.5. The number of hydrogen-bond donors (Lipinski definition) is 2. The summed E-state index contributed by atoms with van der Waals surface area (Å²) in [6.45, 7) is 4.19. The molecule has 8 heteroatoms. The van der Waals surface area contributed by atoms with Gasteiger partial charge >= 0.3 is 0 Å². The molecule has 2 N–H and O–H groups in total. The van der Waals surface area contributed by atoms with Crippen LogP contribution in [0.1, 0.15) is 59.7 Å². The van der Waals surface area contributed by atoms with E-state index in [0.717, 1.165) is 44.5 Å². The standard InChI is InChI=1S/C26H32N6S2/c1-19-13-9-11-15-21(19)27-25-31-29-23(33-25)17-7-5-3-4-6-8-18-24-30-32-26(34-24)28-22-16-12-10-14-20(22)2/h9-16H,3-8,17-18H2,1-2H3,(H,27,31)(H,28,32). The molecule has 178 valence electrons. The van der Waals surface area contributed by atoms with E-state index in [9.17, 15) is 0 Å². The Bertz CT molecular complexity index is 1080. The predicted octanol–water partition coefficient (Wildman–Crippen LogP) is 7.62. The number of aryl methyl sites for hydroxylation is 4. The minimum absolute atomic E-state index is 0.873. The molecule has 0 bridgehead atoms. The van der Waals surface area contributed by atoms with Gasteiger partial charge in [-0.15, -0.1) is 20.4 Å². The minimum atomic E-state index is 0.873. The third kappa shape index (κ3) is 7.33. The van der Waals surface area contributed by atoms with Crippen LogP contribution in [0.15, 0.2) is 48.5 Å². The lowest BCUT2D eigenvalue weighted by Crippen LogP contribution is -1.91. The van der Waals surface area contributed by atoms with Gasteiger partial charge in [0.2, 0.25) is 10.3 Å². The van der Waals surface area contributed by atoms with Crippen LogP contribution in [0.25, 0.3) is 0 Å². The Kier molecular flexibility index (Phi) is 8.98. The van der Waals surface area contributed by atoms with Crippen LogP contribution >= 0.6 is 22.7 Å². The molecule has 0 aliphatic carbocycles. The highest BCUT2D eigenvalue weighted by molar-refractivity contribution is 7.15. The van der Waals surface area contributed by atoms with Crippen LogP contribution < -0.4 is 10.6 Å². The van der Waals surface area contributed by atoms with Crippen LogP contribution in [0.2, 0.25) is 0 Å². The van der Waals surface area contributed by atoms with Crippen LogP contribution in [0, 0.1) is 13.8 Å². The number of unbranched alkanes of at least 4 members (excludes halogenated alkanes) is 5. The number of rotatable bonds is 13. The molecule has 0 atom stereocenters. The molecular weight excluding hydrogens is 460 g/mol. The molecule has 4 aromatic rings. The summed E-state index contributed by atoms with van der Waals surface area (Å²) in [7, 11) is 0. The zero-order chi connectivity index (χ0) is 23.6. The van der Waals surface area contributed by atoms with Crippen molar-refractivity contribution in [3.8, 4) is 0 Å². The summed E-state index contributed by atoms with van der Waals surface area (Å²) < 4.78 is 0. The molecule has 2 aromatic carbocycles. The van der Waals surface area contributed by atoms with Crippen molar-refractivity contribution in [2.24, 2.45) is 0 Å². The molecule has 0 saturated carbocycles. The van der Waals surface area contributed by atoms with E-state index in [4.69, 9.17) is 0 Å². The number of hydrogen-bond acceptors (Lipinski definition) is 8. The van der Waals surface area contributed by atoms with E-state index in [1.165, 1.54) is 49.7 Å². The van der Waals surface area contributed by atoms with Crippen molar-refractivity contribution < 1.29 is 0 Å². The number of nitrogens with zero attached hydrogens (tertiary/aromatic N) is 4. The first-order valence-electron chi connectivity index (χ1n) is 12.0. The molecule has 2 aromatic heterocycles. The van der Waals surface area contributed by atoms with Gasteiger partial charge in [0.1, 0.15) is 10.0 Å². The molecule has 6 nitrogen and oxygen atoms in total. The second kappa shape index (κ2) is 12.6. The fourth-order valence-corrected chi connectivity index (χ4v) is 5.31. The highest BCUT2D eigenvalue weighted by Gasteiger charge is 2.07. The SMILES string of the molecule is Cc1ccccc1Nc1nnc(CCCCCCCCc2nnc(Nc3ccccc3C)s2)s1. The summed E-state index contributed by atoms with van der Waals surface area (Å²) in [4.78, 5) is 0. The maximum Gasteiger partial charge on any atom is 0.210 e. The molecule has 0 fully saturated rings. The van der Waals surface area contributed by atoms with Crippen LogP contribution in [-0.4, -0.2) is 20.4 Å². The molecule has 34 heavy (non-hydrogen) atoms. The van der Waals surface area contributed by atoms with Crippen LogP contribution in [0.3, 0.4) is 0 Å². The van der Waals surface area contributed by atoms with E-state index >= 15 is 0 Å². The lowest BCUT2D eigenvalue weighted by molar-refractivity contribution is 0.591. The fraction of sp³-hybridized carbons (Fsp3) is 0.385. The summed E-state index contributed by atoms with van der Waals surface area (Å²) in [5.74, 6) is 0. The Labute approximate surface area is 209 Å². The molecule has 4 rings (SSSR count). The van der Waals surface area contributed by atoms with Crippen molar-refractivity contribution >= 4 is 44.3 Å². The van der Waals surface area contributed by atoms with Gasteiger partial charge in [-0.05, 0) is 49.9 Å². The van der Waals surface area contributed by atoms with Crippen LogP contribution in [0.5, 0.6) is 0 Å². The average Bonchev–Trinajstić information content (AvgIpc) is 3.48. The van der Waals surface area contributed by atoms with Crippen molar-refractivity contribution in [2.45, 2.75) is 65.2 Å². The average molecular weight is 493 g/mol. The van der Waals surface area contributed by atoms with Crippen LogP contribution in [-0.2, 0) is 12.8 Å². The van der Waals surface area contributed by atoms with Gasteiger partial charge < -0.3 is 10.6 Å². The topological polar surface area (TPSA) is 75.6 Å². The Morgan fingerprint density at radius 2 is 0.971 bits per heavy atom. The Morgan fingerprint density at radius 3 is 1.41 bits per heavy atom. The van der Waals surface area contributed by atoms with Crippen LogP contribution in [0.4, 0.5) is 21.6 Å². The highest BCUT2D eigenvalue weighted by atomic mass is 32.1. The number of nitrogens with one attached hydrogen (secondary N) is 2. The van der Waals surface area contributed by atoms with Gasteiger partial charge in [0, 0.05) is 24.2 Å². The quantitative estimate of drug-likeness (QED) is 0.187. The van der Waals surface area contributed by atoms with Gasteiger partial charge in [-0.1, -0.05) is 84.8 Å². The maximum absolute atomic E-state index is 4.35. The Morgan fingerprint density at radius 1 is 0.559 bits per heavy atom. The third-order valence-electron chi connectivity index (χ3n) is 5.74. The van der Waals surface area contributed by atoms with Crippen molar-refractivity contribution in [3.05, 3.63) is 69.7 Å². The van der Waals surface area contributed by atoms with Gasteiger partial charge in [0.15, 0.2) is 0 Å². The molecule has 0 aliphatic heterocycles. The normalized spacial score (nSPS) is 11.0. The molecule has 0 unspecified atom stereocenters. The summed E-state index contributed by atoms with van der Waals surface area (Å²) in [6, 6.07) is 16.5. The van der Waals surface area contributed by atoms with Crippen molar-refractivity contribution in [1.29, 1.82) is 0 Å². The fourth-order valence-electron chi connectivity index (χ4n) is 3.73. The van der Waals surface area contributed by atoms with Gasteiger partial charge in [0.25, 0.3) is 0 Å². The first kappa shape index (κ1) is 24.3. The molecule has 2 heterocycles. The molecule has 0 amide bonds. The van der Waals surface area contributed by atoms with Crippen molar-refractivity contribution in [3.63, 3.8) is 0 Å². The Balaban J connectivity index is 1.07. The first-order chi connectivity index (χ1) is 16.7. The summed E-state index contributed by atoms with van der Waals surface area (Å²) in [5.41, 5.74) is 4.62. The number of para-hydroxylation sites is 2. The lowest BCUT2D eigenvalue weighted by atomic mass is 10.1. The third-order valence-corrected chi connectivity index (χ3v) is 7.54. The number of benzene rings is 2. The van der Waals surface area contributed by atoms with E-state index < -0.39 is 0 Å². The summed E-state index contributed by atoms with van der Waals surface area (Å²) in [6.07, 6.45) is 9.37. The van der Waals surface area contributed by atoms with E-state index in [1.807, 2.05) is 24.3 Å². The minimum Gasteiger partial charge on any atom is -0.330 e. The molecule has 0 saturated heterocycles. The van der Waals surface area contributed by atoms with E-state index in [-0.39, 0.29) is 0 Å². The van der Waals surface area contributed by atoms with E-state index in [2.05, 4.69) is 69.1 Å². The first-order valence-corrected chi connectivity index (χ1v) is 13.6. The molecular formula is C26H32N6S2. The second-order valence-electron chi connectivity index (χ2n) is 8.50. The lowest BCUT2D eigenvalue weighted by Gasteiger charge is -2.04. The maximum atomic E-state index is 4.35. The molecule has 0 radical (unpaired) electrons. The van der Waals surface area contributed by atoms with Gasteiger partial charge in [-0.25, -0.2) is 0 Å². The second-order valence-corrected chi connectivity index (χ2v) is 10.6. The van der Waals surface area contributed by atoms with E-state index in [0.29, 0.717) is 0 Å². The van der Waals surface area contributed by atoms with E-state index in [1.54, 1.807) is 22.7 Å². The molecule has 0 spiro atoms.